The van der Waals surface area contributed by atoms with E-state index in [2.05, 4.69) is 37.2 Å². The van der Waals surface area contributed by atoms with Crippen molar-refractivity contribution in [3.63, 3.8) is 0 Å². The van der Waals surface area contributed by atoms with E-state index in [0.29, 0.717) is 4.47 Å². The van der Waals surface area contributed by atoms with E-state index in [-0.39, 0.29) is 23.6 Å². The first-order valence-corrected chi connectivity index (χ1v) is 7.20. The van der Waals surface area contributed by atoms with Gasteiger partial charge in [0.2, 0.25) is 5.91 Å². The maximum Gasteiger partial charge on any atom is 0.265 e. The zero-order chi connectivity index (χ0) is 13.9. The first-order valence-electron chi connectivity index (χ1n) is 5.61. The maximum atomic E-state index is 11.9. The van der Waals surface area contributed by atoms with E-state index in [1.54, 1.807) is 12.3 Å². The molecule has 0 fully saturated rings. The molecule has 0 saturated carbocycles. The largest absolute Gasteiger partial charge is 0.350 e. The molecule has 0 aliphatic heterocycles. The third-order valence-corrected chi connectivity index (χ3v) is 3.69. The molecule has 6 heteroatoms. The second-order valence-corrected chi connectivity index (χ2v) is 6.49. The second-order valence-electron chi connectivity index (χ2n) is 4.72. The minimum atomic E-state index is -0.260. The average Bonchev–Trinajstić information content (AvgIpc) is 2.24. The molecular weight excluding hydrogens is 364 g/mol. The highest BCUT2D eigenvalue weighted by molar-refractivity contribution is 9.11. The van der Waals surface area contributed by atoms with Gasteiger partial charge in [0.15, 0.2) is 0 Å². The molecule has 100 valence electrons. The third-order valence-electron chi connectivity index (χ3n) is 2.68. The van der Waals surface area contributed by atoms with Gasteiger partial charge < -0.3 is 9.88 Å². The summed E-state index contributed by atoms with van der Waals surface area (Å²) in [6, 6.07) is 1.66. The van der Waals surface area contributed by atoms with E-state index in [1.807, 2.05) is 20.8 Å². The van der Waals surface area contributed by atoms with Crippen molar-refractivity contribution in [1.29, 1.82) is 0 Å². The Morgan fingerprint density at radius 3 is 2.61 bits per heavy atom. The van der Waals surface area contributed by atoms with Crippen molar-refractivity contribution in [2.24, 2.45) is 0 Å². The van der Waals surface area contributed by atoms with Crippen LogP contribution in [0.25, 0.3) is 0 Å². The molecule has 0 aromatic carbocycles. The molecule has 1 N–H and O–H groups in total. The smallest absolute Gasteiger partial charge is 0.265 e. The Hall–Kier alpha value is -0.620. The lowest BCUT2D eigenvalue weighted by molar-refractivity contribution is -0.123. The average molecular weight is 380 g/mol. The number of hydrogen-bond acceptors (Lipinski definition) is 2. The Kier molecular flexibility index (Phi) is 5.16. The Bertz CT molecular complexity index is 509. The number of aromatic nitrogens is 1. The molecule has 0 aliphatic rings. The van der Waals surface area contributed by atoms with Crippen LogP contribution in [-0.2, 0) is 11.3 Å². The lowest BCUT2D eigenvalue weighted by atomic mass is 10.0. The zero-order valence-electron chi connectivity index (χ0n) is 10.6. The fourth-order valence-corrected chi connectivity index (χ4v) is 2.60. The van der Waals surface area contributed by atoms with Gasteiger partial charge in [0.1, 0.15) is 6.54 Å². The molecule has 18 heavy (non-hydrogen) atoms. The molecule has 0 atom stereocenters. The molecule has 0 unspecified atom stereocenters. The molecule has 1 aromatic heterocycles. The topological polar surface area (TPSA) is 51.1 Å². The van der Waals surface area contributed by atoms with Crippen molar-refractivity contribution in [2.45, 2.75) is 39.3 Å². The van der Waals surface area contributed by atoms with Crippen LogP contribution >= 0.6 is 31.9 Å². The van der Waals surface area contributed by atoms with E-state index >= 15 is 0 Å². The number of halogens is 2. The van der Waals surface area contributed by atoms with Crippen molar-refractivity contribution >= 4 is 37.8 Å². The number of hydrogen-bond donors (Lipinski definition) is 1. The van der Waals surface area contributed by atoms with Crippen LogP contribution in [0.3, 0.4) is 0 Å². The number of pyridine rings is 1. The first-order chi connectivity index (χ1) is 8.25. The summed E-state index contributed by atoms with van der Waals surface area (Å²) in [4.78, 5) is 23.7. The molecular formula is C12H16Br2N2O2. The predicted molar refractivity (Wildman–Crippen MR) is 78.6 cm³/mol. The third kappa shape index (κ3) is 4.24. The number of carbonyl (C=O) groups excluding carboxylic acids is 1. The van der Waals surface area contributed by atoms with Crippen molar-refractivity contribution in [3.8, 4) is 0 Å². The molecule has 4 nitrogen and oxygen atoms in total. The zero-order valence-corrected chi connectivity index (χ0v) is 13.8. The Labute approximate surface area is 123 Å². The summed E-state index contributed by atoms with van der Waals surface area (Å²) in [5.41, 5.74) is -0.480. The van der Waals surface area contributed by atoms with Gasteiger partial charge in [-0.1, -0.05) is 6.92 Å². The number of carbonyl (C=O) groups is 1. The highest BCUT2D eigenvalue weighted by Gasteiger charge is 2.18. The summed E-state index contributed by atoms with van der Waals surface area (Å²) in [6.45, 7) is 5.91. The molecule has 0 bridgehead atoms. The summed E-state index contributed by atoms with van der Waals surface area (Å²) < 4.78 is 2.55. The molecule has 0 spiro atoms. The van der Waals surface area contributed by atoms with Crippen LogP contribution in [0.4, 0.5) is 0 Å². The Morgan fingerprint density at radius 1 is 1.44 bits per heavy atom. The van der Waals surface area contributed by atoms with Gasteiger partial charge in [0.25, 0.3) is 5.56 Å². The van der Waals surface area contributed by atoms with Crippen LogP contribution in [0, 0.1) is 0 Å². The monoisotopic (exact) mass is 378 g/mol. The second kappa shape index (κ2) is 6.02. The van der Waals surface area contributed by atoms with Crippen molar-refractivity contribution < 1.29 is 4.79 Å². The maximum absolute atomic E-state index is 11.9. The standard InChI is InChI=1S/C12H16Br2N2O2/c1-4-12(2,3)15-10(17)7-16-6-8(13)5-9(14)11(16)18/h5-6H,4,7H2,1-3H3,(H,15,17). The highest BCUT2D eigenvalue weighted by atomic mass is 79.9. The molecule has 1 rings (SSSR count). The van der Waals surface area contributed by atoms with E-state index in [9.17, 15) is 9.59 Å². The number of amides is 1. The van der Waals surface area contributed by atoms with Crippen LogP contribution in [-0.4, -0.2) is 16.0 Å². The van der Waals surface area contributed by atoms with Crippen LogP contribution in [0.15, 0.2) is 26.0 Å². The summed E-state index contributed by atoms with van der Waals surface area (Å²) in [6.07, 6.45) is 2.43. The summed E-state index contributed by atoms with van der Waals surface area (Å²) in [5, 5.41) is 2.89. The van der Waals surface area contributed by atoms with Crippen LogP contribution in [0.5, 0.6) is 0 Å². The van der Waals surface area contributed by atoms with E-state index in [0.717, 1.165) is 10.9 Å². The Morgan fingerprint density at radius 2 is 2.06 bits per heavy atom. The molecule has 1 amide bonds. The van der Waals surface area contributed by atoms with Gasteiger partial charge in [-0.25, -0.2) is 0 Å². The van der Waals surface area contributed by atoms with Crippen LogP contribution in [0.2, 0.25) is 0 Å². The number of nitrogens with one attached hydrogen (secondary N) is 1. The number of rotatable bonds is 4. The van der Waals surface area contributed by atoms with Gasteiger partial charge in [0.05, 0.1) is 4.47 Å². The van der Waals surface area contributed by atoms with Gasteiger partial charge in [0, 0.05) is 16.2 Å². The van der Waals surface area contributed by atoms with E-state index in [4.69, 9.17) is 0 Å². The molecule has 0 aliphatic carbocycles. The fraction of sp³-hybridized carbons (Fsp3) is 0.500. The van der Waals surface area contributed by atoms with Gasteiger partial charge >= 0.3 is 0 Å². The Balaban J connectivity index is 2.86. The molecule has 1 aromatic rings. The lowest BCUT2D eigenvalue weighted by Crippen LogP contribution is -2.45. The van der Waals surface area contributed by atoms with Crippen molar-refractivity contribution in [2.75, 3.05) is 0 Å². The number of nitrogens with zero attached hydrogens (tertiary/aromatic N) is 1. The SMILES string of the molecule is CCC(C)(C)NC(=O)Cn1cc(Br)cc(Br)c1=O. The normalized spacial score (nSPS) is 11.4. The van der Waals surface area contributed by atoms with Gasteiger partial charge in [-0.15, -0.1) is 0 Å². The summed E-state index contributed by atoms with van der Waals surface area (Å²) in [7, 11) is 0. The fourth-order valence-electron chi connectivity index (χ4n) is 1.34. The van der Waals surface area contributed by atoms with Crippen molar-refractivity contribution in [1.82, 2.24) is 9.88 Å². The van der Waals surface area contributed by atoms with E-state index in [1.165, 1.54) is 4.57 Å². The molecule has 0 saturated heterocycles. The summed E-state index contributed by atoms with van der Waals surface area (Å²) >= 11 is 6.46. The quantitative estimate of drug-likeness (QED) is 0.874. The van der Waals surface area contributed by atoms with Crippen LogP contribution < -0.4 is 10.9 Å². The predicted octanol–water partition coefficient (Wildman–Crippen LogP) is 2.68. The van der Waals surface area contributed by atoms with Crippen LogP contribution in [0.1, 0.15) is 27.2 Å². The molecule has 1 heterocycles. The minimum Gasteiger partial charge on any atom is -0.350 e. The lowest BCUT2D eigenvalue weighted by Gasteiger charge is -2.24. The summed E-state index contributed by atoms with van der Waals surface area (Å²) in [5.74, 6) is -0.172. The molecule has 0 radical (unpaired) electrons. The van der Waals surface area contributed by atoms with E-state index < -0.39 is 0 Å². The highest BCUT2D eigenvalue weighted by Crippen LogP contribution is 2.13. The minimum absolute atomic E-state index is 0.0142. The van der Waals surface area contributed by atoms with Gasteiger partial charge in [-0.05, 0) is 58.2 Å². The van der Waals surface area contributed by atoms with Gasteiger partial charge in [-0.2, -0.15) is 0 Å². The van der Waals surface area contributed by atoms with Gasteiger partial charge in [-0.3, -0.25) is 9.59 Å². The first kappa shape index (κ1) is 15.4. The van der Waals surface area contributed by atoms with Crippen molar-refractivity contribution in [3.05, 3.63) is 31.6 Å².